The third kappa shape index (κ3) is 5.47. The molecule has 1 unspecified atom stereocenters. The molecule has 0 fully saturated rings. The molecule has 0 saturated heterocycles. The lowest BCUT2D eigenvalue weighted by atomic mass is 10.1. The summed E-state index contributed by atoms with van der Waals surface area (Å²) in [5.74, 6) is -0.260. The molecule has 27 heavy (non-hydrogen) atoms. The Morgan fingerprint density at radius 3 is 2.30 bits per heavy atom. The van der Waals surface area contributed by atoms with E-state index in [9.17, 15) is 8.60 Å². The maximum Gasteiger partial charge on any atom is 0.187 e. The van der Waals surface area contributed by atoms with Gasteiger partial charge in [0.15, 0.2) is 15.0 Å². The lowest BCUT2D eigenvalue weighted by Gasteiger charge is -2.22. The van der Waals surface area contributed by atoms with Crippen molar-refractivity contribution in [1.29, 1.82) is 5.41 Å². The van der Waals surface area contributed by atoms with E-state index in [0.29, 0.717) is 12.1 Å². The molecule has 0 bridgehead atoms. The zero-order valence-corrected chi connectivity index (χ0v) is 17.1. The first-order valence-corrected chi connectivity index (χ1v) is 11.2. The summed E-state index contributed by atoms with van der Waals surface area (Å²) < 4.78 is 28.5. The Bertz CT molecular complexity index is 802. The lowest BCUT2D eigenvalue weighted by molar-refractivity contribution is 0.422. The van der Waals surface area contributed by atoms with Crippen LogP contribution in [0.1, 0.15) is 37.8 Å². The van der Waals surface area contributed by atoms with E-state index < -0.39 is 10.1 Å². The van der Waals surface area contributed by atoms with E-state index >= 15 is 0 Å². The van der Waals surface area contributed by atoms with E-state index in [1.165, 1.54) is 18.3 Å². The van der Waals surface area contributed by atoms with Crippen molar-refractivity contribution in [2.24, 2.45) is 0 Å². The monoisotopic (exact) mass is 390 g/mol. The van der Waals surface area contributed by atoms with Crippen molar-refractivity contribution < 1.29 is 8.60 Å². The van der Waals surface area contributed by atoms with Gasteiger partial charge >= 0.3 is 0 Å². The molecule has 0 heterocycles. The molecule has 146 valence electrons. The van der Waals surface area contributed by atoms with Gasteiger partial charge in [0.25, 0.3) is 0 Å². The Labute approximate surface area is 162 Å². The van der Waals surface area contributed by atoms with Gasteiger partial charge in [-0.05, 0) is 42.7 Å². The lowest BCUT2D eigenvalue weighted by Crippen LogP contribution is -2.36. The molecular weight excluding hydrogens is 361 g/mol. The predicted molar refractivity (Wildman–Crippen MR) is 112 cm³/mol. The van der Waals surface area contributed by atoms with Crippen LogP contribution in [-0.4, -0.2) is 29.9 Å². The van der Waals surface area contributed by atoms with Crippen LogP contribution in [0.25, 0.3) is 0 Å². The van der Waals surface area contributed by atoms with Crippen molar-refractivity contribution in [3.63, 3.8) is 0 Å². The van der Waals surface area contributed by atoms with Gasteiger partial charge in [0.05, 0.1) is 0 Å². The van der Waals surface area contributed by atoms with E-state index in [0.717, 1.165) is 42.1 Å². The first-order valence-electron chi connectivity index (χ1n) is 9.29. The number of hydrogen-bond acceptors (Lipinski definition) is 3. The van der Waals surface area contributed by atoms with Gasteiger partial charge in [0.1, 0.15) is 12.1 Å². The molecular formula is C21H29FN3OS+. The number of benzene rings is 2. The Hall–Kier alpha value is -2.05. The molecule has 2 N–H and O–H groups in total. The van der Waals surface area contributed by atoms with E-state index in [4.69, 9.17) is 5.41 Å². The highest BCUT2D eigenvalue weighted by Gasteiger charge is 2.33. The first-order chi connectivity index (χ1) is 12.9. The SMILES string of the molecule is CCCN(CCC)[S+](C)(=O)c1ccc(NCc2ccc(F)cc2)c(C=N)c1. The third-order valence-corrected chi connectivity index (χ3v) is 6.93. The molecule has 4 nitrogen and oxygen atoms in total. The van der Waals surface area contributed by atoms with Crippen LogP contribution in [0.4, 0.5) is 10.1 Å². The van der Waals surface area contributed by atoms with E-state index in [2.05, 4.69) is 19.2 Å². The largest absolute Gasteiger partial charge is 0.380 e. The van der Waals surface area contributed by atoms with E-state index in [1.54, 1.807) is 18.4 Å². The molecule has 0 aliphatic rings. The van der Waals surface area contributed by atoms with Crippen LogP contribution in [0.5, 0.6) is 0 Å². The van der Waals surface area contributed by atoms with Crippen molar-refractivity contribution in [3.05, 3.63) is 59.4 Å². The molecule has 0 amide bonds. The van der Waals surface area contributed by atoms with Crippen molar-refractivity contribution in [2.75, 3.05) is 24.7 Å². The minimum Gasteiger partial charge on any atom is -0.380 e. The second-order valence-electron chi connectivity index (χ2n) is 6.60. The second-order valence-corrected chi connectivity index (χ2v) is 9.20. The summed E-state index contributed by atoms with van der Waals surface area (Å²) in [4.78, 5) is 0.746. The van der Waals surface area contributed by atoms with Gasteiger partial charge in [-0.3, -0.25) is 0 Å². The van der Waals surface area contributed by atoms with Crippen molar-refractivity contribution >= 4 is 22.0 Å². The number of nitrogens with zero attached hydrogens (tertiary/aromatic N) is 1. The fourth-order valence-electron chi connectivity index (χ4n) is 2.96. The Balaban J connectivity index is 2.22. The summed E-state index contributed by atoms with van der Waals surface area (Å²) in [6.45, 7) is 6.27. The Morgan fingerprint density at radius 1 is 1.11 bits per heavy atom. The predicted octanol–water partition coefficient (Wildman–Crippen LogP) is 4.96. The summed E-state index contributed by atoms with van der Waals surface area (Å²) in [6.07, 6.45) is 4.95. The van der Waals surface area contributed by atoms with Gasteiger partial charge in [-0.1, -0.05) is 30.2 Å². The number of nitrogens with one attached hydrogen (secondary N) is 2. The number of hydrogen-bond donors (Lipinski definition) is 2. The van der Waals surface area contributed by atoms with Crippen LogP contribution >= 0.6 is 0 Å². The molecule has 2 aromatic rings. The molecule has 2 aromatic carbocycles. The van der Waals surface area contributed by atoms with Gasteiger partial charge in [-0.25, -0.2) is 4.39 Å². The highest BCUT2D eigenvalue weighted by atomic mass is 32.3. The average Bonchev–Trinajstić information content (AvgIpc) is 2.67. The zero-order valence-electron chi connectivity index (χ0n) is 16.3. The minimum absolute atomic E-state index is 0.260. The summed E-state index contributed by atoms with van der Waals surface area (Å²) in [7, 11) is -2.34. The van der Waals surface area contributed by atoms with Gasteiger partial charge in [0.2, 0.25) is 0 Å². The van der Waals surface area contributed by atoms with Crippen LogP contribution in [0.15, 0.2) is 47.4 Å². The molecule has 0 aliphatic heterocycles. The molecule has 0 spiro atoms. The number of anilines is 1. The highest BCUT2D eigenvalue weighted by Crippen LogP contribution is 2.26. The van der Waals surface area contributed by atoms with E-state index in [1.807, 2.05) is 22.5 Å². The minimum atomic E-state index is -2.34. The summed E-state index contributed by atoms with van der Waals surface area (Å²) in [5.41, 5.74) is 2.44. The van der Waals surface area contributed by atoms with Crippen LogP contribution in [0, 0.1) is 11.2 Å². The molecule has 1 atom stereocenters. The Morgan fingerprint density at radius 2 is 1.74 bits per heavy atom. The molecule has 0 saturated carbocycles. The number of rotatable bonds is 10. The molecule has 0 radical (unpaired) electrons. The van der Waals surface area contributed by atoms with Crippen molar-refractivity contribution in [1.82, 2.24) is 4.31 Å². The molecule has 2 rings (SSSR count). The smallest absolute Gasteiger partial charge is 0.187 e. The van der Waals surface area contributed by atoms with Gasteiger partial charge in [0, 0.05) is 43.2 Å². The van der Waals surface area contributed by atoms with Gasteiger partial charge in [-0.15, -0.1) is 4.31 Å². The maximum absolute atomic E-state index is 13.5. The quantitative estimate of drug-likeness (QED) is 0.445. The Kier molecular flexibility index (Phi) is 7.68. The summed E-state index contributed by atoms with van der Waals surface area (Å²) in [5, 5.41) is 11.0. The summed E-state index contributed by atoms with van der Waals surface area (Å²) >= 11 is 0. The zero-order chi connectivity index (χ0) is 19.9. The standard InChI is InChI=1S/C21H29FN3OS/c1-4-12-25(13-5-2)27(3,26)20-10-11-21(18(14-20)15-23)24-16-17-6-8-19(22)9-7-17/h6-11,14-15,23-24H,4-5,12-13,16H2,1-3H3/q+1. The second kappa shape index (κ2) is 9.76. The van der Waals surface area contributed by atoms with Crippen molar-refractivity contribution in [3.8, 4) is 0 Å². The van der Waals surface area contributed by atoms with Crippen molar-refractivity contribution in [2.45, 2.75) is 38.1 Å². The number of halogens is 1. The maximum atomic E-state index is 13.5. The molecule has 0 aromatic heterocycles. The highest BCUT2D eigenvalue weighted by molar-refractivity contribution is 8.00. The van der Waals surface area contributed by atoms with Gasteiger partial charge < -0.3 is 10.7 Å². The van der Waals surface area contributed by atoms with Crippen LogP contribution in [-0.2, 0) is 20.9 Å². The third-order valence-electron chi connectivity index (χ3n) is 4.45. The first kappa shape index (κ1) is 21.3. The van der Waals surface area contributed by atoms with Crippen LogP contribution in [0.2, 0.25) is 0 Å². The fraction of sp³-hybridized carbons (Fsp3) is 0.381. The molecule has 0 aliphatic carbocycles. The molecule has 6 heteroatoms. The van der Waals surface area contributed by atoms with Crippen LogP contribution < -0.4 is 5.32 Å². The van der Waals surface area contributed by atoms with Gasteiger partial charge in [-0.2, -0.15) is 0 Å². The van der Waals surface area contributed by atoms with E-state index in [-0.39, 0.29) is 5.82 Å². The summed E-state index contributed by atoms with van der Waals surface area (Å²) in [6, 6.07) is 11.9. The normalized spacial score (nSPS) is 13.4. The fourth-order valence-corrected chi connectivity index (χ4v) is 4.99. The topological polar surface area (TPSA) is 56.2 Å². The van der Waals surface area contributed by atoms with Crippen LogP contribution in [0.3, 0.4) is 0 Å². The average molecular weight is 391 g/mol.